The number of aryl methyl sites for hydroxylation is 1. The second-order valence-electron chi connectivity index (χ2n) is 9.95. The van der Waals surface area contributed by atoms with Gasteiger partial charge >= 0.3 is 6.18 Å². The van der Waals surface area contributed by atoms with Crippen LogP contribution in [0, 0.1) is 12.8 Å². The van der Waals surface area contributed by atoms with Crippen LogP contribution >= 0.6 is 0 Å². The minimum absolute atomic E-state index is 0.199. The van der Waals surface area contributed by atoms with Crippen molar-refractivity contribution in [3.63, 3.8) is 0 Å². The minimum Gasteiger partial charge on any atom is -0.439 e. The first-order valence-electron chi connectivity index (χ1n) is 12.5. The van der Waals surface area contributed by atoms with Crippen molar-refractivity contribution in [2.45, 2.75) is 52.4 Å². The molecule has 0 spiro atoms. The molecule has 0 aliphatic carbocycles. The smallest absolute Gasteiger partial charge is 0.416 e. The lowest BCUT2D eigenvalue weighted by Crippen LogP contribution is -2.36. The number of hydrogen-bond donors (Lipinski definition) is 0. The number of rotatable bonds is 5. The van der Waals surface area contributed by atoms with Gasteiger partial charge in [-0.1, -0.05) is 42.8 Å². The standard InChI is InChI=1S/C28H31F3N4O/c1-19-7-9-22(10-8-19)36-26-23-18-34(17-21-5-3-4-6-24(21)28(29,30)31)14-13-25(23)32-27(33-26)35-15-11-20(2)12-16-35/h3-10,20H,11-18H2,1-2H3. The van der Waals surface area contributed by atoms with Gasteiger partial charge < -0.3 is 9.64 Å². The fourth-order valence-electron chi connectivity index (χ4n) is 4.89. The summed E-state index contributed by atoms with van der Waals surface area (Å²) in [5.41, 5.74) is 2.58. The number of ether oxygens (including phenoxy) is 1. The SMILES string of the molecule is Cc1ccc(Oc2nc(N3CCC(C)CC3)nc3c2CN(Cc2ccccc2C(F)(F)F)CC3)cc1. The molecule has 0 saturated carbocycles. The molecule has 3 aromatic rings. The van der Waals surface area contributed by atoms with E-state index in [0.717, 1.165) is 48.8 Å². The lowest BCUT2D eigenvalue weighted by molar-refractivity contribution is -0.138. The Labute approximate surface area is 209 Å². The normalized spacial score (nSPS) is 17.2. The molecule has 2 aliphatic heterocycles. The number of halogens is 3. The fraction of sp³-hybridized carbons (Fsp3) is 0.429. The van der Waals surface area contributed by atoms with Crippen LogP contribution in [0.15, 0.2) is 48.5 Å². The van der Waals surface area contributed by atoms with Crippen molar-refractivity contribution in [2.24, 2.45) is 5.92 Å². The van der Waals surface area contributed by atoms with Gasteiger partial charge in [-0.2, -0.15) is 18.2 Å². The number of fused-ring (bicyclic) bond motifs is 1. The van der Waals surface area contributed by atoms with E-state index in [0.29, 0.717) is 43.0 Å². The van der Waals surface area contributed by atoms with E-state index in [1.54, 1.807) is 12.1 Å². The molecule has 0 radical (unpaired) electrons. The molecule has 5 rings (SSSR count). The number of hydrogen-bond acceptors (Lipinski definition) is 5. The van der Waals surface area contributed by atoms with Crippen LogP contribution in [0.1, 0.15) is 47.7 Å². The van der Waals surface area contributed by atoms with Crippen molar-refractivity contribution in [1.29, 1.82) is 0 Å². The van der Waals surface area contributed by atoms with E-state index in [1.807, 2.05) is 36.1 Å². The van der Waals surface area contributed by atoms with Crippen LogP contribution in [0.4, 0.5) is 19.1 Å². The highest BCUT2D eigenvalue weighted by Gasteiger charge is 2.34. The molecule has 0 N–H and O–H groups in total. The minimum atomic E-state index is -4.38. The predicted molar refractivity (Wildman–Crippen MR) is 133 cm³/mol. The molecule has 1 aromatic heterocycles. The monoisotopic (exact) mass is 496 g/mol. The topological polar surface area (TPSA) is 41.5 Å². The van der Waals surface area contributed by atoms with Gasteiger partial charge in [0.05, 0.1) is 16.8 Å². The third-order valence-corrected chi connectivity index (χ3v) is 7.11. The predicted octanol–water partition coefficient (Wildman–Crippen LogP) is 6.39. The number of piperidine rings is 1. The van der Waals surface area contributed by atoms with Gasteiger partial charge in [-0.15, -0.1) is 0 Å². The molecule has 0 atom stereocenters. The van der Waals surface area contributed by atoms with Gasteiger partial charge in [-0.05, 0) is 49.4 Å². The number of nitrogens with zero attached hydrogens (tertiary/aromatic N) is 4. The third-order valence-electron chi connectivity index (χ3n) is 7.11. The van der Waals surface area contributed by atoms with Crippen molar-refractivity contribution in [2.75, 3.05) is 24.5 Å². The second-order valence-corrected chi connectivity index (χ2v) is 9.95. The summed E-state index contributed by atoms with van der Waals surface area (Å²) in [5, 5.41) is 0. The van der Waals surface area contributed by atoms with Gasteiger partial charge in [0.15, 0.2) is 0 Å². The first-order valence-corrected chi connectivity index (χ1v) is 12.5. The van der Waals surface area contributed by atoms with E-state index >= 15 is 0 Å². The van der Waals surface area contributed by atoms with Gasteiger partial charge in [-0.25, -0.2) is 4.98 Å². The van der Waals surface area contributed by atoms with Gasteiger partial charge in [0.1, 0.15) is 5.75 Å². The highest BCUT2D eigenvalue weighted by molar-refractivity contribution is 5.44. The van der Waals surface area contributed by atoms with E-state index in [-0.39, 0.29) is 12.1 Å². The Hall–Kier alpha value is -3.13. The molecule has 5 nitrogen and oxygen atoms in total. The Balaban J connectivity index is 1.45. The van der Waals surface area contributed by atoms with E-state index < -0.39 is 11.7 Å². The first kappa shape index (κ1) is 24.6. The summed E-state index contributed by atoms with van der Waals surface area (Å²) >= 11 is 0. The summed E-state index contributed by atoms with van der Waals surface area (Å²) in [4.78, 5) is 14.0. The lowest BCUT2D eigenvalue weighted by Gasteiger charge is -2.33. The van der Waals surface area contributed by atoms with Crippen LogP contribution in [0.3, 0.4) is 0 Å². The molecule has 0 amide bonds. The summed E-state index contributed by atoms with van der Waals surface area (Å²) in [7, 11) is 0. The molecule has 1 saturated heterocycles. The van der Waals surface area contributed by atoms with Crippen LogP contribution in [0.5, 0.6) is 11.6 Å². The largest absolute Gasteiger partial charge is 0.439 e. The maximum Gasteiger partial charge on any atom is 0.416 e. The van der Waals surface area contributed by atoms with E-state index in [9.17, 15) is 13.2 Å². The molecular formula is C28H31F3N4O. The van der Waals surface area contributed by atoms with Gasteiger partial charge in [0, 0.05) is 39.1 Å². The van der Waals surface area contributed by atoms with Crippen molar-refractivity contribution in [3.8, 4) is 11.6 Å². The Kier molecular flexibility index (Phi) is 6.88. The number of alkyl halides is 3. The molecule has 190 valence electrons. The summed E-state index contributed by atoms with van der Waals surface area (Å²) in [5.74, 6) is 2.54. The zero-order valence-corrected chi connectivity index (χ0v) is 20.7. The molecular weight excluding hydrogens is 465 g/mol. The number of aromatic nitrogens is 2. The average molecular weight is 497 g/mol. The molecule has 0 unspecified atom stereocenters. The van der Waals surface area contributed by atoms with Gasteiger partial charge in [-0.3, -0.25) is 4.90 Å². The highest BCUT2D eigenvalue weighted by Crippen LogP contribution is 2.35. The van der Waals surface area contributed by atoms with Crippen LogP contribution in [-0.4, -0.2) is 34.5 Å². The number of anilines is 1. The van der Waals surface area contributed by atoms with Crippen LogP contribution in [-0.2, 0) is 25.7 Å². The molecule has 2 aromatic carbocycles. The summed E-state index contributed by atoms with van der Waals surface area (Å²) in [6, 6.07) is 13.6. The molecule has 2 aliphatic rings. The van der Waals surface area contributed by atoms with Crippen molar-refractivity contribution >= 4 is 5.95 Å². The van der Waals surface area contributed by atoms with Crippen molar-refractivity contribution in [3.05, 3.63) is 76.5 Å². The zero-order chi connectivity index (χ0) is 25.3. The lowest BCUT2D eigenvalue weighted by atomic mass is 9.99. The molecule has 8 heteroatoms. The Morgan fingerprint density at radius 3 is 2.42 bits per heavy atom. The maximum absolute atomic E-state index is 13.6. The van der Waals surface area contributed by atoms with E-state index in [4.69, 9.17) is 14.7 Å². The summed E-state index contributed by atoms with van der Waals surface area (Å²) < 4.78 is 47.0. The Morgan fingerprint density at radius 2 is 1.69 bits per heavy atom. The first-order chi connectivity index (χ1) is 17.3. The Bertz CT molecular complexity index is 1200. The second kappa shape index (κ2) is 10.1. The Morgan fingerprint density at radius 1 is 0.972 bits per heavy atom. The van der Waals surface area contributed by atoms with Crippen molar-refractivity contribution in [1.82, 2.24) is 14.9 Å². The van der Waals surface area contributed by atoms with Gasteiger partial charge in [0.2, 0.25) is 11.8 Å². The van der Waals surface area contributed by atoms with E-state index in [1.165, 1.54) is 6.07 Å². The fourth-order valence-corrected chi connectivity index (χ4v) is 4.89. The number of benzene rings is 2. The van der Waals surface area contributed by atoms with Gasteiger partial charge in [0.25, 0.3) is 0 Å². The maximum atomic E-state index is 13.6. The molecule has 1 fully saturated rings. The van der Waals surface area contributed by atoms with Crippen LogP contribution in [0.2, 0.25) is 0 Å². The quantitative estimate of drug-likeness (QED) is 0.409. The highest BCUT2D eigenvalue weighted by atomic mass is 19.4. The zero-order valence-electron chi connectivity index (χ0n) is 20.7. The van der Waals surface area contributed by atoms with Crippen LogP contribution in [0.25, 0.3) is 0 Å². The average Bonchev–Trinajstić information content (AvgIpc) is 2.86. The molecule has 0 bridgehead atoms. The molecule has 3 heterocycles. The van der Waals surface area contributed by atoms with Crippen LogP contribution < -0.4 is 9.64 Å². The van der Waals surface area contributed by atoms with Crippen molar-refractivity contribution < 1.29 is 17.9 Å². The summed E-state index contributed by atoms with van der Waals surface area (Å²) in [6.45, 7) is 7.35. The van der Waals surface area contributed by atoms with E-state index in [2.05, 4.69) is 11.8 Å². The summed E-state index contributed by atoms with van der Waals surface area (Å²) in [6.07, 6.45) is -1.55. The third kappa shape index (κ3) is 5.48. The molecule has 36 heavy (non-hydrogen) atoms.